The van der Waals surface area contributed by atoms with Crippen molar-refractivity contribution in [2.24, 2.45) is 0 Å². The van der Waals surface area contributed by atoms with Crippen molar-refractivity contribution in [3.63, 3.8) is 0 Å². The standard InChI is InChI=1S/C16H20N4/c1-11-10-15(20-16(17-2)18-11)19-14-9-5-7-12-6-3-4-8-13(12)14/h3-4,6,8,10,14H,5,7,9H2,1-2H3,(H2,17,18,19,20). The second-order valence-corrected chi connectivity index (χ2v) is 5.26. The lowest BCUT2D eigenvalue weighted by Crippen LogP contribution is -2.18. The fourth-order valence-corrected chi connectivity index (χ4v) is 2.84. The zero-order valence-electron chi connectivity index (χ0n) is 12.0. The summed E-state index contributed by atoms with van der Waals surface area (Å²) in [5.74, 6) is 1.56. The quantitative estimate of drug-likeness (QED) is 0.896. The van der Waals surface area contributed by atoms with Crippen LogP contribution in [0.2, 0.25) is 0 Å². The summed E-state index contributed by atoms with van der Waals surface area (Å²) in [4.78, 5) is 8.81. The van der Waals surface area contributed by atoms with E-state index < -0.39 is 0 Å². The van der Waals surface area contributed by atoms with Crippen LogP contribution in [-0.4, -0.2) is 17.0 Å². The van der Waals surface area contributed by atoms with E-state index in [0.29, 0.717) is 12.0 Å². The predicted molar refractivity (Wildman–Crippen MR) is 82.1 cm³/mol. The van der Waals surface area contributed by atoms with E-state index in [-0.39, 0.29) is 0 Å². The Morgan fingerprint density at radius 1 is 1.20 bits per heavy atom. The molecule has 1 aromatic heterocycles. The van der Waals surface area contributed by atoms with Crippen LogP contribution in [0.5, 0.6) is 0 Å². The zero-order valence-corrected chi connectivity index (χ0v) is 12.0. The molecule has 1 atom stereocenters. The van der Waals surface area contributed by atoms with Crippen molar-refractivity contribution < 1.29 is 0 Å². The monoisotopic (exact) mass is 268 g/mol. The highest BCUT2D eigenvalue weighted by molar-refractivity contribution is 5.45. The molecule has 0 radical (unpaired) electrons. The third-order valence-electron chi connectivity index (χ3n) is 3.77. The maximum atomic E-state index is 4.49. The van der Waals surface area contributed by atoms with E-state index in [2.05, 4.69) is 44.9 Å². The van der Waals surface area contributed by atoms with Gasteiger partial charge in [0.15, 0.2) is 0 Å². The van der Waals surface area contributed by atoms with E-state index in [9.17, 15) is 0 Å². The van der Waals surface area contributed by atoms with Crippen molar-refractivity contribution in [2.45, 2.75) is 32.2 Å². The van der Waals surface area contributed by atoms with Gasteiger partial charge >= 0.3 is 0 Å². The van der Waals surface area contributed by atoms with Gasteiger partial charge in [0.25, 0.3) is 0 Å². The number of nitrogens with zero attached hydrogens (tertiary/aromatic N) is 2. The molecule has 0 spiro atoms. The lowest BCUT2D eigenvalue weighted by atomic mass is 9.88. The molecule has 104 valence electrons. The number of hydrogen-bond acceptors (Lipinski definition) is 4. The summed E-state index contributed by atoms with van der Waals surface area (Å²) in [6, 6.07) is 11.0. The Morgan fingerprint density at radius 3 is 2.90 bits per heavy atom. The van der Waals surface area contributed by atoms with Crippen molar-refractivity contribution in [1.82, 2.24) is 9.97 Å². The molecule has 0 saturated heterocycles. The van der Waals surface area contributed by atoms with Crippen LogP contribution < -0.4 is 10.6 Å². The summed E-state index contributed by atoms with van der Waals surface area (Å²) >= 11 is 0. The second kappa shape index (κ2) is 5.49. The number of benzene rings is 1. The van der Waals surface area contributed by atoms with E-state index in [1.165, 1.54) is 24.0 Å². The van der Waals surface area contributed by atoms with Crippen molar-refractivity contribution >= 4 is 11.8 Å². The normalized spacial score (nSPS) is 17.4. The molecule has 4 nitrogen and oxygen atoms in total. The van der Waals surface area contributed by atoms with Crippen LogP contribution in [0.15, 0.2) is 30.3 Å². The van der Waals surface area contributed by atoms with Gasteiger partial charge in [-0.3, -0.25) is 0 Å². The summed E-state index contributed by atoms with van der Waals surface area (Å²) in [7, 11) is 1.84. The molecule has 1 aromatic carbocycles. The van der Waals surface area contributed by atoms with E-state index in [0.717, 1.165) is 17.9 Å². The molecule has 20 heavy (non-hydrogen) atoms. The average Bonchev–Trinajstić information content (AvgIpc) is 2.47. The molecule has 3 rings (SSSR count). The number of hydrogen-bond donors (Lipinski definition) is 2. The summed E-state index contributed by atoms with van der Waals surface area (Å²) in [6.45, 7) is 1.99. The number of rotatable bonds is 3. The topological polar surface area (TPSA) is 49.8 Å². The minimum Gasteiger partial charge on any atom is -0.363 e. The van der Waals surface area contributed by atoms with Gasteiger partial charge in [-0.2, -0.15) is 4.98 Å². The molecule has 0 aliphatic heterocycles. The van der Waals surface area contributed by atoms with Gasteiger partial charge in [-0.05, 0) is 37.3 Å². The van der Waals surface area contributed by atoms with Crippen LogP contribution in [0.25, 0.3) is 0 Å². The van der Waals surface area contributed by atoms with Crippen molar-refractivity contribution in [3.8, 4) is 0 Å². The lowest BCUT2D eigenvalue weighted by Gasteiger charge is -2.27. The minimum atomic E-state index is 0.346. The molecular formula is C16H20N4. The Labute approximate surface area is 119 Å². The first-order valence-electron chi connectivity index (χ1n) is 7.14. The Bertz CT molecular complexity index is 609. The van der Waals surface area contributed by atoms with Crippen LogP contribution in [-0.2, 0) is 6.42 Å². The molecule has 2 N–H and O–H groups in total. The summed E-state index contributed by atoms with van der Waals surface area (Å²) < 4.78 is 0. The molecule has 0 bridgehead atoms. The fraction of sp³-hybridized carbons (Fsp3) is 0.375. The van der Waals surface area contributed by atoms with Crippen molar-refractivity contribution in [3.05, 3.63) is 47.2 Å². The van der Waals surface area contributed by atoms with Gasteiger partial charge < -0.3 is 10.6 Å². The average molecular weight is 268 g/mol. The fourth-order valence-electron chi connectivity index (χ4n) is 2.84. The number of fused-ring (bicyclic) bond motifs is 1. The molecule has 1 aliphatic carbocycles. The first kappa shape index (κ1) is 12.9. The van der Waals surface area contributed by atoms with Gasteiger partial charge in [-0.25, -0.2) is 4.98 Å². The number of aryl methyl sites for hydroxylation is 2. The highest BCUT2D eigenvalue weighted by Crippen LogP contribution is 2.32. The summed E-state index contributed by atoms with van der Waals surface area (Å²) in [5.41, 5.74) is 3.83. The van der Waals surface area contributed by atoms with Crippen LogP contribution in [0.3, 0.4) is 0 Å². The lowest BCUT2D eigenvalue weighted by molar-refractivity contribution is 0.598. The molecular weight excluding hydrogens is 248 g/mol. The first-order chi connectivity index (χ1) is 9.76. The first-order valence-corrected chi connectivity index (χ1v) is 7.14. The Kier molecular flexibility index (Phi) is 3.54. The van der Waals surface area contributed by atoms with Crippen LogP contribution in [0, 0.1) is 6.92 Å². The van der Waals surface area contributed by atoms with Crippen LogP contribution in [0.1, 0.15) is 35.7 Å². The minimum absolute atomic E-state index is 0.346. The van der Waals surface area contributed by atoms with E-state index in [1.807, 2.05) is 20.0 Å². The van der Waals surface area contributed by atoms with Gasteiger partial charge in [0.2, 0.25) is 5.95 Å². The smallest absolute Gasteiger partial charge is 0.224 e. The maximum Gasteiger partial charge on any atom is 0.224 e. The van der Waals surface area contributed by atoms with Gasteiger partial charge in [-0.1, -0.05) is 24.3 Å². The second-order valence-electron chi connectivity index (χ2n) is 5.26. The highest BCUT2D eigenvalue weighted by atomic mass is 15.1. The van der Waals surface area contributed by atoms with Crippen LogP contribution >= 0.6 is 0 Å². The number of aromatic nitrogens is 2. The third kappa shape index (κ3) is 2.59. The molecule has 0 saturated carbocycles. The summed E-state index contributed by atoms with van der Waals surface area (Å²) in [6.07, 6.45) is 3.55. The molecule has 0 amide bonds. The van der Waals surface area contributed by atoms with Crippen LogP contribution in [0.4, 0.5) is 11.8 Å². The third-order valence-corrected chi connectivity index (χ3v) is 3.77. The van der Waals surface area contributed by atoms with Crippen molar-refractivity contribution in [2.75, 3.05) is 17.7 Å². The van der Waals surface area contributed by atoms with Crippen molar-refractivity contribution in [1.29, 1.82) is 0 Å². The van der Waals surface area contributed by atoms with Gasteiger partial charge in [0, 0.05) is 18.8 Å². The Balaban J connectivity index is 1.87. The molecule has 1 aliphatic rings. The SMILES string of the molecule is CNc1nc(C)cc(NC2CCCc3ccccc32)n1. The number of nitrogens with one attached hydrogen (secondary N) is 2. The largest absolute Gasteiger partial charge is 0.363 e. The maximum absolute atomic E-state index is 4.49. The molecule has 1 heterocycles. The Hall–Kier alpha value is -2.10. The predicted octanol–water partition coefficient (Wildman–Crippen LogP) is 3.32. The molecule has 1 unspecified atom stereocenters. The zero-order chi connectivity index (χ0) is 13.9. The number of anilines is 2. The van der Waals surface area contributed by atoms with Gasteiger partial charge in [0.05, 0.1) is 6.04 Å². The summed E-state index contributed by atoms with van der Waals surface area (Å²) in [5, 5.41) is 6.56. The van der Waals surface area contributed by atoms with Gasteiger partial charge in [0.1, 0.15) is 5.82 Å². The molecule has 2 aromatic rings. The Morgan fingerprint density at radius 2 is 2.05 bits per heavy atom. The molecule has 4 heteroatoms. The highest BCUT2D eigenvalue weighted by Gasteiger charge is 2.20. The molecule has 0 fully saturated rings. The van der Waals surface area contributed by atoms with Gasteiger partial charge in [-0.15, -0.1) is 0 Å². The van der Waals surface area contributed by atoms with E-state index >= 15 is 0 Å². The van der Waals surface area contributed by atoms with E-state index in [4.69, 9.17) is 0 Å². The van der Waals surface area contributed by atoms with E-state index in [1.54, 1.807) is 0 Å².